The molecule has 0 radical (unpaired) electrons. The number of carbonyl (C=O) groups excluding carboxylic acids is 1. The van der Waals surface area contributed by atoms with Gasteiger partial charge in [0.1, 0.15) is 0 Å². The summed E-state index contributed by atoms with van der Waals surface area (Å²) in [5, 5.41) is 0.446. The zero-order chi connectivity index (χ0) is 13.9. The van der Waals surface area contributed by atoms with Crippen molar-refractivity contribution in [2.24, 2.45) is 0 Å². The van der Waals surface area contributed by atoms with Crippen LogP contribution < -0.4 is 4.72 Å². The number of halogens is 1. The lowest BCUT2D eigenvalue weighted by molar-refractivity contribution is 0.192. The maximum atomic E-state index is 12.0. The fourth-order valence-corrected chi connectivity index (χ4v) is 3.05. The van der Waals surface area contributed by atoms with Crippen LogP contribution in [0, 0.1) is 0 Å². The standard InChI is InChI=1S/C12H15ClN2O3S/c13-10-4-6-11(7-5-10)19(17,18)14-12(16)15-8-2-1-3-9-15/h4-7H,1-3,8-9H2,(H,14,16). The van der Waals surface area contributed by atoms with Crippen molar-refractivity contribution in [3.63, 3.8) is 0 Å². The average Bonchev–Trinajstić information content (AvgIpc) is 2.40. The number of urea groups is 1. The normalized spacial score (nSPS) is 16.2. The Bertz CT molecular complexity index is 551. The predicted molar refractivity (Wildman–Crippen MR) is 72.6 cm³/mol. The summed E-state index contributed by atoms with van der Waals surface area (Å²) in [6.07, 6.45) is 2.90. The van der Waals surface area contributed by atoms with E-state index < -0.39 is 16.1 Å². The third-order valence-corrected chi connectivity index (χ3v) is 4.58. The quantitative estimate of drug-likeness (QED) is 0.911. The zero-order valence-corrected chi connectivity index (χ0v) is 11.9. The van der Waals surface area contributed by atoms with Gasteiger partial charge in [0.2, 0.25) is 0 Å². The highest BCUT2D eigenvalue weighted by Crippen LogP contribution is 2.15. The maximum absolute atomic E-state index is 12.0. The van der Waals surface area contributed by atoms with Crippen LogP contribution in [0.3, 0.4) is 0 Å². The molecule has 0 spiro atoms. The summed E-state index contributed by atoms with van der Waals surface area (Å²) in [6, 6.07) is 5.13. The first-order valence-corrected chi connectivity index (χ1v) is 7.92. The van der Waals surface area contributed by atoms with E-state index in [1.54, 1.807) is 0 Å². The molecular formula is C12H15ClN2O3S. The van der Waals surface area contributed by atoms with Crippen molar-refractivity contribution in [2.75, 3.05) is 13.1 Å². The first-order valence-electron chi connectivity index (χ1n) is 6.06. The van der Waals surface area contributed by atoms with Crippen molar-refractivity contribution in [2.45, 2.75) is 24.2 Å². The monoisotopic (exact) mass is 302 g/mol. The van der Waals surface area contributed by atoms with Gasteiger partial charge in [0.25, 0.3) is 10.0 Å². The van der Waals surface area contributed by atoms with Gasteiger partial charge in [-0.25, -0.2) is 17.9 Å². The molecule has 1 N–H and O–H groups in total. The van der Waals surface area contributed by atoms with Crippen molar-refractivity contribution < 1.29 is 13.2 Å². The molecule has 0 bridgehead atoms. The van der Waals surface area contributed by atoms with E-state index >= 15 is 0 Å². The van der Waals surface area contributed by atoms with E-state index in [4.69, 9.17) is 11.6 Å². The Kier molecular flexibility index (Phi) is 4.31. The molecule has 1 aliphatic heterocycles. The minimum atomic E-state index is -3.83. The van der Waals surface area contributed by atoms with Crippen molar-refractivity contribution in [1.82, 2.24) is 9.62 Å². The second kappa shape index (κ2) is 5.79. The van der Waals surface area contributed by atoms with Crippen LogP contribution in [-0.2, 0) is 10.0 Å². The molecule has 0 atom stereocenters. The van der Waals surface area contributed by atoms with E-state index in [0.717, 1.165) is 19.3 Å². The van der Waals surface area contributed by atoms with Crippen molar-refractivity contribution >= 4 is 27.7 Å². The largest absolute Gasteiger partial charge is 0.331 e. The van der Waals surface area contributed by atoms with Crippen LogP contribution in [0.15, 0.2) is 29.2 Å². The number of piperidine rings is 1. The smallest absolute Gasteiger partial charge is 0.324 e. The lowest BCUT2D eigenvalue weighted by Gasteiger charge is -2.26. The second-order valence-electron chi connectivity index (χ2n) is 4.41. The van der Waals surface area contributed by atoms with E-state index in [2.05, 4.69) is 4.72 Å². The highest BCUT2D eigenvalue weighted by molar-refractivity contribution is 7.90. The number of nitrogens with zero attached hydrogens (tertiary/aromatic N) is 1. The van der Waals surface area contributed by atoms with Crippen LogP contribution in [-0.4, -0.2) is 32.4 Å². The molecule has 1 fully saturated rings. The topological polar surface area (TPSA) is 66.5 Å². The van der Waals surface area contributed by atoms with Gasteiger partial charge in [-0.2, -0.15) is 0 Å². The van der Waals surface area contributed by atoms with Gasteiger partial charge in [-0.1, -0.05) is 11.6 Å². The Morgan fingerprint density at radius 1 is 1.11 bits per heavy atom. The summed E-state index contributed by atoms with van der Waals surface area (Å²) < 4.78 is 26.1. The number of hydrogen-bond donors (Lipinski definition) is 1. The molecule has 1 aromatic carbocycles. The highest BCUT2D eigenvalue weighted by Gasteiger charge is 2.22. The first kappa shape index (κ1) is 14.1. The van der Waals surface area contributed by atoms with Crippen LogP contribution in [0.25, 0.3) is 0 Å². The van der Waals surface area contributed by atoms with Crippen LogP contribution in [0.1, 0.15) is 19.3 Å². The van der Waals surface area contributed by atoms with E-state index in [9.17, 15) is 13.2 Å². The average molecular weight is 303 g/mol. The summed E-state index contributed by atoms with van der Waals surface area (Å²) >= 11 is 5.70. The van der Waals surface area contributed by atoms with Gasteiger partial charge in [0.15, 0.2) is 0 Å². The van der Waals surface area contributed by atoms with Crippen LogP contribution >= 0.6 is 11.6 Å². The van der Waals surface area contributed by atoms with Gasteiger partial charge < -0.3 is 4.90 Å². The number of likely N-dealkylation sites (tertiary alicyclic amines) is 1. The molecule has 1 aliphatic rings. The fraction of sp³-hybridized carbons (Fsp3) is 0.417. The molecule has 2 amide bonds. The third kappa shape index (κ3) is 3.61. The predicted octanol–water partition coefficient (Wildman–Crippen LogP) is 2.22. The van der Waals surface area contributed by atoms with E-state index in [-0.39, 0.29) is 4.90 Å². The van der Waals surface area contributed by atoms with E-state index in [0.29, 0.717) is 18.1 Å². The number of benzene rings is 1. The number of amides is 2. The summed E-state index contributed by atoms with van der Waals surface area (Å²) in [4.78, 5) is 13.4. The highest BCUT2D eigenvalue weighted by atomic mass is 35.5. The minimum absolute atomic E-state index is 0.0299. The Morgan fingerprint density at radius 3 is 2.26 bits per heavy atom. The van der Waals surface area contributed by atoms with Crippen LogP contribution in [0.5, 0.6) is 0 Å². The number of rotatable bonds is 2. The van der Waals surface area contributed by atoms with E-state index in [1.165, 1.54) is 29.2 Å². The SMILES string of the molecule is O=C(NS(=O)(=O)c1ccc(Cl)cc1)N1CCCCC1. The molecule has 1 heterocycles. The Labute approximate surface area is 117 Å². The molecule has 0 aliphatic carbocycles. The van der Waals surface area contributed by atoms with Crippen molar-refractivity contribution in [3.05, 3.63) is 29.3 Å². The summed E-state index contributed by atoms with van der Waals surface area (Å²) in [5.41, 5.74) is 0. The number of hydrogen-bond acceptors (Lipinski definition) is 3. The van der Waals surface area contributed by atoms with Gasteiger partial charge in [0.05, 0.1) is 4.90 Å². The van der Waals surface area contributed by atoms with Crippen LogP contribution in [0.2, 0.25) is 5.02 Å². The van der Waals surface area contributed by atoms with Crippen molar-refractivity contribution in [1.29, 1.82) is 0 Å². The maximum Gasteiger partial charge on any atom is 0.331 e. The van der Waals surface area contributed by atoms with Gasteiger partial charge in [-0.15, -0.1) is 0 Å². The molecule has 0 saturated carbocycles. The molecular weight excluding hydrogens is 288 g/mol. The zero-order valence-electron chi connectivity index (χ0n) is 10.3. The lowest BCUT2D eigenvalue weighted by atomic mass is 10.1. The molecule has 1 aromatic rings. The summed E-state index contributed by atoms with van der Waals surface area (Å²) in [5.74, 6) is 0. The second-order valence-corrected chi connectivity index (χ2v) is 6.53. The van der Waals surface area contributed by atoms with Gasteiger partial charge in [-0.3, -0.25) is 0 Å². The van der Waals surface area contributed by atoms with Gasteiger partial charge in [0, 0.05) is 18.1 Å². The Balaban J connectivity index is 2.08. The molecule has 5 nitrogen and oxygen atoms in total. The Morgan fingerprint density at radius 2 is 1.68 bits per heavy atom. The minimum Gasteiger partial charge on any atom is -0.324 e. The van der Waals surface area contributed by atoms with Crippen LogP contribution in [0.4, 0.5) is 4.79 Å². The number of carbonyl (C=O) groups is 1. The van der Waals surface area contributed by atoms with Gasteiger partial charge >= 0.3 is 6.03 Å². The summed E-state index contributed by atoms with van der Waals surface area (Å²) in [7, 11) is -3.83. The third-order valence-electron chi connectivity index (χ3n) is 2.99. The molecule has 0 aromatic heterocycles. The molecule has 0 unspecified atom stereocenters. The molecule has 2 rings (SSSR count). The summed E-state index contributed by atoms with van der Waals surface area (Å²) in [6.45, 7) is 1.20. The number of nitrogens with one attached hydrogen (secondary N) is 1. The molecule has 19 heavy (non-hydrogen) atoms. The van der Waals surface area contributed by atoms with Crippen molar-refractivity contribution in [3.8, 4) is 0 Å². The lowest BCUT2D eigenvalue weighted by Crippen LogP contribution is -2.45. The van der Waals surface area contributed by atoms with E-state index in [1.807, 2.05) is 0 Å². The first-order chi connectivity index (χ1) is 8.99. The number of sulfonamides is 1. The fourth-order valence-electron chi connectivity index (χ4n) is 1.95. The molecule has 104 valence electrons. The molecule has 1 saturated heterocycles. The molecule has 7 heteroatoms. The van der Waals surface area contributed by atoms with Gasteiger partial charge in [-0.05, 0) is 43.5 Å². The Hall–Kier alpha value is -1.27.